The van der Waals surface area contributed by atoms with Gasteiger partial charge in [0.25, 0.3) is 0 Å². The van der Waals surface area contributed by atoms with Gasteiger partial charge in [-0.3, -0.25) is 9.79 Å². The highest BCUT2D eigenvalue weighted by Crippen LogP contribution is 2.14. The maximum absolute atomic E-state index is 11.8. The van der Waals surface area contributed by atoms with Crippen molar-refractivity contribution < 1.29 is 9.53 Å². The summed E-state index contributed by atoms with van der Waals surface area (Å²) in [4.78, 5) is 18.1. The van der Waals surface area contributed by atoms with E-state index in [1.54, 1.807) is 21.2 Å². The van der Waals surface area contributed by atoms with Crippen LogP contribution in [0, 0.1) is 5.41 Å². The lowest BCUT2D eigenvalue weighted by atomic mass is 9.92. The number of carbonyl (C=O) groups is 1. The lowest BCUT2D eigenvalue weighted by Gasteiger charge is -2.27. The van der Waals surface area contributed by atoms with E-state index in [0.717, 1.165) is 17.3 Å². The first-order valence-corrected chi connectivity index (χ1v) is 7.61. The van der Waals surface area contributed by atoms with Crippen molar-refractivity contribution in [1.29, 1.82) is 0 Å². The second-order valence-electron chi connectivity index (χ2n) is 6.07. The number of guanidine groups is 1. The standard InChI is InChI=1S/C17H28N4O2/c1-17(2,15(22)18-3)12-20-16(19-4)21(5)11-13-7-9-14(23-6)10-8-13/h7-10H,11-12H2,1-6H3,(H,18,22)(H,19,20). The van der Waals surface area contributed by atoms with Crippen LogP contribution in [0.1, 0.15) is 19.4 Å². The fraction of sp³-hybridized carbons (Fsp3) is 0.529. The van der Waals surface area contributed by atoms with E-state index in [-0.39, 0.29) is 5.91 Å². The van der Waals surface area contributed by atoms with Gasteiger partial charge in [0.05, 0.1) is 12.5 Å². The largest absolute Gasteiger partial charge is 0.497 e. The van der Waals surface area contributed by atoms with E-state index < -0.39 is 5.41 Å². The highest BCUT2D eigenvalue weighted by atomic mass is 16.5. The quantitative estimate of drug-likeness (QED) is 0.615. The minimum atomic E-state index is -0.508. The summed E-state index contributed by atoms with van der Waals surface area (Å²) in [5.74, 6) is 1.59. The van der Waals surface area contributed by atoms with Gasteiger partial charge < -0.3 is 20.3 Å². The Kier molecular flexibility index (Phi) is 6.88. The SMILES string of the molecule is CN=C(NCC(C)(C)C(=O)NC)N(C)Cc1ccc(OC)cc1. The Morgan fingerprint density at radius 2 is 1.91 bits per heavy atom. The molecule has 0 atom stereocenters. The van der Waals surface area contributed by atoms with Gasteiger partial charge in [-0.2, -0.15) is 0 Å². The number of benzene rings is 1. The summed E-state index contributed by atoms with van der Waals surface area (Å²) in [7, 11) is 7.00. The highest BCUT2D eigenvalue weighted by Gasteiger charge is 2.27. The van der Waals surface area contributed by atoms with Crippen molar-refractivity contribution in [1.82, 2.24) is 15.5 Å². The Hall–Kier alpha value is -2.24. The van der Waals surface area contributed by atoms with Crippen LogP contribution in [0.3, 0.4) is 0 Å². The number of aliphatic imine (C=N–C) groups is 1. The minimum absolute atomic E-state index is 0.00161. The summed E-state index contributed by atoms with van der Waals surface area (Å²) >= 11 is 0. The first-order valence-electron chi connectivity index (χ1n) is 7.61. The number of nitrogens with zero attached hydrogens (tertiary/aromatic N) is 2. The molecule has 0 fully saturated rings. The summed E-state index contributed by atoms with van der Waals surface area (Å²) in [5, 5.41) is 5.94. The predicted molar refractivity (Wildman–Crippen MR) is 93.7 cm³/mol. The third kappa shape index (κ3) is 5.47. The summed E-state index contributed by atoms with van der Waals surface area (Å²) < 4.78 is 5.16. The van der Waals surface area contributed by atoms with Gasteiger partial charge in [0.1, 0.15) is 5.75 Å². The van der Waals surface area contributed by atoms with Gasteiger partial charge >= 0.3 is 0 Å². The van der Waals surface area contributed by atoms with E-state index in [1.165, 1.54) is 0 Å². The van der Waals surface area contributed by atoms with Crippen LogP contribution >= 0.6 is 0 Å². The van der Waals surface area contributed by atoms with Crippen LogP contribution < -0.4 is 15.4 Å². The fourth-order valence-corrected chi connectivity index (χ4v) is 2.18. The zero-order chi connectivity index (χ0) is 17.5. The molecule has 1 aromatic carbocycles. The molecule has 6 heteroatoms. The molecule has 0 aliphatic carbocycles. The Bertz CT molecular complexity index is 538. The van der Waals surface area contributed by atoms with Gasteiger partial charge in [-0.15, -0.1) is 0 Å². The third-order valence-electron chi connectivity index (χ3n) is 3.68. The molecule has 128 valence electrons. The number of hydrogen-bond donors (Lipinski definition) is 2. The van der Waals surface area contributed by atoms with Crippen LogP contribution in [-0.4, -0.2) is 51.6 Å². The molecule has 0 saturated carbocycles. The van der Waals surface area contributed by atoms with Crippen LogP contribution in [-0.2, 0) is 11.3 Å². The van der Waals surface area contributed by atoms with Crippen LogP contribution in [0.2, 0.25) is 0 Å². The number of rotatable bonds is 6. The summed E-state index contributed by atoms with van der Waals surface area (Å²) in [6.45, 7) is 5.02. The molecular formula is C17H28N4O2. The van der Waals surface area contributed by atoms with Gasteiger partial charge in [0, 0.05) is 34.2 Å². The Balaban J connectivity index is 2.64. The lowest BCUT2D eigenvalue weighted by molar-refractivity contribution is -0.128. The zero-order valence-electron chi connectivity index (χ0n) is 14.9. The van der Waals surface area contributed by atoms with E-state index in [2.05, 4.69) is 15.6 Å². The first kappa shape index (κ1) is 18.8. The highest BCUT2D eigenvalue weighted by molar-refractivity contribution is 5.84. The van der Waals surface area contributed by atoms with E-state index in [9.17, 15) is 4.79 Å². The molecule has 23 heavy (non-hydrogen) atoms. The monoisotopic (exact) mass is 320 g/mol. The molecule has 1 rings (SSSR count). The predicted octanol–water partition coefficient (Wildman–Crippen LogP) is 1.47. The number of amides is 1. The van der Waals surface area contributed by atoms with Gasteiger partial charge in [-0.05, 0) is 31.5 Å². The molecule has 0 unspecified atom stereocenters. The number of nitrogens with one attached hydrogen (secondary N) is 2. The maximum Gasteiger partial charge on any atom is 0.227 e. The molecule has 0 bridgehead atoms. The summed E-state index contributed by atoms with van der Waals surface area (Å²) in [5.41, 5.74) is 0.646. The molecule has 1 amide bonds. The second-order valence-corrected chi connectivity index (χ2v) is 6.07. The van der Waals surface area contributed by atoms with Crippen molar-refractivity contribution >= 4 is 11.9 Å². The van der Waals surface area contributed by atoms with Gasteiger partial charge in [-0.1, -0.05) is 12.1 Å². The van der Waals surface area contributed by atoms with Crippen LogP contribution in [0.5, 0.6) is 5.75 Å². The Morgan fingerprint density at radius 1 is 1.30 bits per heavy atom. The van der Waals surface area contributed by atoms with Crippen molar-refractivity contribution in [3.8, 4) is 5.75 Å². The van der Waals surface area contributed by atoms with E-state index >= 15 is 0 Å². The van der Waals surface area contributed by atoms with Crippen molar-refractivity contribution in [2.24, 2.45) is 10.4 Å². The molecule has 2 N–H and O–H groups in total. The van der Waals surface area contributed by atoms with Crippen molar-refractivity contribution in [2.75, 3.05) is 34.8 Å². The summed E-state index contributed by atoms with van der Waals surface area (Å²) in [6.07, 6.45) is 0. The number of methoxy groups -OCH3 is 1. The molecule has 0 aromatic heterocycles. The maximum atomic E-state index is 11.8. The van der Waals surface area contributed by atoms with Crippen LogP contribution in [0.25, 0.3) is 0 Å². The molecule has 0 radical (unpaired) electrons. The zero-order valence-corrected chi connectivity index (χ0v) is 14.9. The first-order chi connectivity index (χ1) is 10.8. The number of ether oxygens (including phenoxy) is 1. The van der Waals surface area contributed by atoms with Gasteiger partial charge in [0.2, 0.25) is 5.91 Å². The van der Waals surface area contributed by atoms with Crippen LogP contribution in [0.4, 0.5) is 0 Å². The van der Waals surface area contributed by atoms with E-state index in [1.807, 2.05) is 50.1 Å². The average Bonchev–Trinajstić information content (AvgIpc) is 2.55. The molecule has 0 spiro atoms. The van der Waals surface area contributed by atoms with Crippen molar-refractivity contribution in [3.05, 3.63) is 29.8 Å². The van der Waals surface area contributed by atoms with Crippen molar-refractivity contribution in [3.63, 3.8) is 0 Å². The molecule has 0 aliphatic heterocycles. The van der Waals surface area contributed by atoms with E-state index in [0.29, 0.717) is 13.1 Å². The average molecular weight is 320 g/mol. The topological polar surface area (TPSA) is 66.0 Å². The van der Waals surface area contributed by atoms with Crippen LogP contribution in [0.15, 0.2) is 29.3 Å². The molecule has 0 aliphatic rings. The van der Waals surface area contributed by atoms with Crippen molar-refractivity contribution in [2.45, 2.75) is 20.4 Å². The normalized spacial score (nSPS) is 11.8. The molecule has 0 saturated heterocycles. The number of hydrogen-bond acceptors (Lipinski definition) is 3. The second kappa shape index (κ2) is 8.41. The molecule has 0 heterocycles. The molecule has 1 aromatic rings. The van der Waals surface area contributed by atoms with Gasteiger partial charge in [0.15, 0.2) is 5.96 Å². The Morgan fingerprint density at radius 3 is 2.39 bits per heavy atom. The van der Waals surface area contributed by atoms with Gasteiger partial charge in [-0.25, -0.2) is 0 Å². The van der Waals surface area contributed by atoms with E-state index in [4.69, 9.17) is 4.74 Å². The Labute approximate surface area is 138 Å². The summed E-state index contributed by atoms with van der Waals surface area (Å²) in [6, 6.07) is 7.93. The number of carbonyl (C=O) groups excluding carboxylic acids is 1. The molecule has 6 nitrogen and oxygen atoms in total. The lowest BCUT2D eigenvalue weighted by Crippen LogP contribution is -2.47. The fourth-order valence-electron chi connectivity index (χ4n) is 2.18. The minimum Gasteiger partial charge on any atom is -0.497 e. The third-order valence-corrected chi connectivity index (χ3v) is 3.68. The molecular weight excluding hydrogens is 292 g/mol. The smallest absolute Gasteiger partial charge is 0.227 e.